The third-order valence-electron chi connectivity index (χ3n) is 3.29. The van der Waals surface area contributed by atoms with Gasteiger partial charge in [0.25, 0.3) is 0 Å². The fraction of sp³-hybridized carbons (Fsp3) is 0.312. The lowest BCUT2D eigenvalue weighted by Crippen LogP contribution is -2.50. The molecule has 1 heterocycles. The maximum Gasteiger partial charge on any atom is 0.110 e. The SMILES string of the molecule is CCCC(N)(NCc1ccc(Br)cc1)c1ccccn1. The van der Waals surface area contributed by atoms with Crippen molar-refractivity contribution in [1.82, 2.24) is 10.3 Å². The number of hydrogen-bond acceptors (Lipinski definition) is 3. The van der Waals surface area contributed by atoms with Crippen LogP contribution in [0.15, 0.2) is 53.1 Å². The van der Waals surface area contributed by atoms with Gasteiger partial charge in [0.1, 0.15) is 5.66 Å². The molecule has 0 bridgehead atoms. The fourth-order valence-corrected chi connectivity index (χ4v) is 2.45. The van der Waals surface area contributed by atoms with Gasteiger partial charge in [-0.1, -0.05) is 47.5 Å². The van der Waals surface area contributed by atoms with Crippen LogP contribution < -0.4 is 11.1 Å². The average Bonchev–Trinajstić information content (AvgIpc) is 2.48. The third-order valence-corrected chi connectivity index (χ3v) is 3.82. The Morgan fingerprint density at radius 2 is 1.95 bits per heavy atom. The minimum Gasteiger partial charge on any atom is -0.308 e. The Morgan fingerprint density at radius 3 is 2.55 bits per heavy atom. The first kappa shape index (κ1) is 15.2. The van der Waals surface area contributed by atoms with E-state index in [0.29, 0.717) is 0 Å². The molecule has 1 atom stereocenters. The smallest absolute Gasteiger partial charge is 0.110 e. The van der Waals surface area contributed by atoms with Gasteiger partial charge in [0, 0.05) is 17.2 Å². The van der Waals surface area contributed by atoms with Crippen LogP contribution >= 0.6 is 15.9 Å². The molecule has 0 radical (unpaired) electrons. The average molecular weight is 334 g/mol. The Bertz CT molecular complexity index is 527. The quantitative estimate of drug-likeness (QED) is 0.795. The summed E-state index contributed by atoms with van der Waals surface area (Å²) in [7, 11) is 0. The van der Waals surface area contributed by atoms with Crippen molar-refractivity contribution < 1.29 is 0 Å². The van der Waals surface area contributed by atoms with E-state index < -0.39 is 5.66 Å². The lowest BCUT2D eigenvalue weighted by atomic mass is 9.99. The van der Waals surface area contributed by atoms with Crippen LogP contribution in [0.5, 0.6) is 0 Å². The first-order valence-electron chi connectivity index (χ1n) is 6.84. The van der Waals surface area contributed by atoms with Crippen molar-refractivity contribution in [2.75, 3.05) is 0 Å². The van der Waals surface area contributed by atoms with Crippen LogP contribution in [-0.2, 0) is 12.2 Å². The lowest BCUT2D eigenvalue weighted by Gasteiger charge is -2.30. The van der Waals surface area contributed by atoms with Crippen molar-refractivity contribution in [3.05, 3.63) is 64.4 Å². The van der Waals surface area contributed by atoms with Crippen molar-refractivity contribution in [1.29, 1.82) is 0 Å². The van der Waals surface area contributed by atoms with E-state index >= 15 is 0 Å². The number of nitrogens with one attached hydrogen (secondary N) is 1. The van der Waals surface area contributed by atoms with Crippen molar-refractivity contribution in [2.45, 2.75) is 32.0 Å². The second-order valence-electron chi connectivity index (χ2n) is 4.92. The molecule has 106 valence electrons. The topological polar surface area (TPSA) is 50.9 Å². The highest BCUT2D eigenvalue weighted by Gasteiger charge is 2.26. The maximum absolute atomic E-state index is 6.52. The predicted molar refractivity (Wildman–Crippen MR) is 86.0 cm³/mol. The number of halogens is 1. The summed E-state index contributed by atoms with van der Waals surface area (Å²) in [6.07, 6.45) is 3.63. The minimum absolute atomic E-state index is 0.580. The van der Waals surface area contributed by atoms with Crippen molar-refractivity contribution in [2.24, 2.45) is 5.73 Å². The summed E-state index contributed by atoms with van der Waals surface area (Å²) in [5, 5.41) is 3.45. The van der Waals surface area contributed by atoms with Gasteiger partial charge in [0.2, 0.25) is 0 Å². The molecule has 2 aromatic rings. The van der Waals surface area contributed by atoms with Gasteiger partial charge in [-0.3, -0.25) is 10.3 Å². The monoisotopic (exact) mass is 333 g/mol. The molecule has 2 rings (SSSR count). The van der Waals surface area contributed by atoms with E-state index in [4.69, 9.17) is 5.73 Å². The molecule has 0 saturated heterocycles. The van der Waals surface area contributed by atoms with E-state index in [0.717, 1.165) is 29.6 Å². The van der Waals surface area contributed by atoms with Gasteiger partial charge in [-0.2, -0.15) is 0 Å². The summed E-state index contributed by atoms with van der Waals surface area (Å²) >= 11 is 3.44. The van der Waals surface area contributed by atoms with E-state index in [-0.39, 0.29) is 0 Å². The Balaban J connectivity index is 2.11. The van der Waals surface area contributed by atoms with Gasteiger partial charge >= 0.3 is 0 Å². The fourth-order valence-electron chi connectivity index (χ4n) is 2.19. The molecule has 3 N–H and O–H groups in total. The summed E-state index contributed by atoms with van der Waals surface area (Å²) in [6.45, 7) is 2.85. The predicted octanol–water partition coefficient (Wildman–Crippen LogP) is 3.55. The highest BCUT2D eigenvalue weighted by atomic mass is 79.9. The zero-order valence-corrected chi connectivity index (χ0v) is 13.2. The molecule has 20 heavy (non-hydrogen) atoms. The van der Waals surface area contributed by atoms with E-state index in [1.54, 1.807) is 6.20 Å². The number of nitrogens with zero attached hydrogens (tertiary/aromatic N) is 1. The van der Waals surface area contributed by atoms with Crippen LogP contribution in [0.1, 0.15) is 31.0 Å². The Kier molecular flexibility index (Phi) is 5.29. The zero-order chi connectivity index (χ0) is 14.4. The number of rotatable bonds is 6. The second kappa shape index (κ2) is 6.97. The molecular formula is C16H20BrN3. The first-order valence-corrected chi connectivity index (χ1v) is 7.63. The molecule has 0 aliphatic rings. The van der Waals surface area contributed by atoms with E-state index in [1.165, 1.54) is 5.56 Å². The van der Waals surface area contributed by atoms with Gasteiger partial charge < -0.3 is 5.73 Å². The number of benzene rings is 1. The van der Waals surface area contributed by atoms with Crippen molar-refractivity contribution in [3.63, 3.8) is 0 Å². The van der Waals surface area contributed by atoms with Gasteiger partial charge in [0.05, 0.1) is 5.69 Å². The molecule has 0 aliphatic heterocycles. The number of nitrogens with two attached hydrogens (primary N) is 1. The molecule has 1 aromatic carbocycles. The molecule has 0 saturated carbocycles. The minimum atomic E-state index is -0.580. The van der Waals surface area contributed by atoms with E-state index in [9.17, 15) is 0 Å². The van der Waals surface area contributed by atoms with Crippen LogP contribution in [0.25, 0.3) is 0 Å². The molecular weight excluding hydrogens is 314 g/mol. The van der Waals surface area contributed by atoms with Crippen LogP contribution in [0.3, 0.4) is 0 Å². The Morgan fingerprint density at radius 1 is 1.20 bits per heavy atom. The largest absolute Gasteiger partial charge is 0.308 e. The van der Waals surface area contributed by atoms with Gasteiger partial charge in [-0.25, -0.2) is 0 Å². The van der Waals surface area contributed by atoms with Crippen LogP contribution in [0.4, 0.5) is 0 Å². The van der Waals surface area contributed by atoms with Crippen LogP contribution in [0, 0.1) is 0 Å². The normalized spacial score (nSPS) is 13.9. The zero-order valence-electron chi connectivity index (χ0n) is 11.6. The molecule has 0 amide bonds. The van der Waals surface area contributed by atoms with Gasteiger partial charge in [-0.15, -0.1) is 0 Å². The number of aromatic nitrogens is 1. The molecule has 1 unspecified atom stereocenters. The van der Waals surface area contributed by atoms with Crippen LogP contribution in [0.2, 0.25) is 0 Å². The molecule has 0 aliphatic carbocycles. The number of pyridine rings is 1. The summed E-state index contributed by atoms with van der Waals surface area (Å²) in [5.41, 5.74) is 8.04. The molecule has 0 spiro atoms. The molecule has 3 nitrogen and oxygen atoms in total. The summed E-state index contributed by atoms with van der Waals surface area (Å²) < 4.78 is 1.08. The maximum atomic E-state index is 6.52. The Hall–Kier alpha value is -1.23. The Labute approximate surface area is 128 Å². The van der Waals surface area contributed by atoms with Crippen molar-refractivity contribution in [3.8, 4) is 0 Å². The standard InChI is InChI=1S/C16H20BrN3/c1-2-10-16(18,15-5-3-4-11-19-15)20-12-13-6-8-14(17)9-7-13/h3-9,11,20H,2,10,12,18H2,1H3. The summed E-state index contributed by atoms with van der Waals surface area (Å²) in [5.74, 6) is 0. The molecule has 4 heteroatoms. The van der Waals surface area contributed by atoms with Crippen molar-refractivity contribution >= 4 is 15.9 Å². The van der Waals surface area contributed by atoms with E-state index in [2.05, 4.69) is 45.3 Å². The first-order chi connectivity index (χ1) is 9.64. The van der Waals surface area contributed by atoms with Crippen LogP contribution in [-0.4, -0.2) is 4.98 Å². The second-order valence-corrected chi connectivity index (χ2v) is 5.83. The highest BCUT2D eigenvalue weighted by Crippen LogP contribution is 2.20. The van der Waals surface area contributed by atoms with E-state index in [1.807, 2.05) is 30.3 Å². The summed E-state index contributed by atoms with van der Waals surface area (Å²) in [6, 6.07) is 14.1. The van der Waals surface area contributed by atoms with Gasteiger partial charge in [-0.05, 0) is 36.2 Å². The molecule has 0 fully saturated rings. The van der Waals surface area contributed by atoms with Gasteiger partial charge in [0.15, 0.2) is 0 Å². The lowest BCUT2D eigenvalue weighted by molar-refractivity contribution is 0.304. The molecule has 1 aromatic heterocycles. The third kappa shape index (κ3) is 3.88. The number of hydrogen-bond donors (Lipinski definition) is 2. The highest BCUT2D eigenvalue weighted by molar-refractivity contribution is 9.10. The summed E-state index contributed by atoms with van der Waals surface area (Å²) in [4.78, 5) is 4.40.